The van der Waals surface area contributed by atoms with Gasteiger partial charge in [0.05, 0.1) is 19.3 Å². The van der Waals surface area contributed by atoms with Crippen LogP contribution in [0.4, 0.5) is 0 Å². The minimum Gasteiger partial charge on any atom is -0.497 e. The Hall–Kier alpha value is -2.37. The average Bonchev–Trinajstić information content (AvgIpc) is 3.15. The lowest BCUT2D eigenvalue weighted by Crippen LogP contribution is -2.39. The lowest BCUT2D eigenvalue weighted by molar-refractivity contribution is -0.132. The Bertz CT molecular complexity index is 617. The Morgan fingerprint density at radius 1 is 1.26 bits per heavy atom. The van der Waals surface area contributed by atoms with Crippen LogP contribution < -0.4 is 4.74 Å². The van der Waals surface area contributed by atoms with Crippen LogP contribution >= 0.6 is 0 Å². The molecular weight excluding hydrogens is 292 g/mol. The van der Waals surface area contributed by atoms with Crippen LogP contribution in [0.1, 0.15) is 30.9 Å². The molecule has 6 nitrogen and oxygen atoms in total. The molecule has 2 heterocycles. The van der Waals surface area contributed by atoms with Crippen molar-refractivity contribution >= 4 is 5.91 Å². The van der Waals surface area contributed by atoms with Crippen molar-refractivity contribution in [2.24, 2.45) is 0 Å². The first-order valence-corrected chi connectivity index (χ1v) is 8.03. The van der Waals surface area contributed by atoms with Crippen molar-refractivity contribution in [2.45, 2.75) is 31.7 Å². The van der Waals surface area contributed by atoms with Crippen LogP contribution in [0.2, 0.25) is 0 Å². The van der Waals surface area contributed by atoms with Crippen LogP contribution in [0, 0.1) is 0 Å². The number of hydrogen-bond donors (Lipinski definition) is 0. The fourth-order valence-electron chi connectivity index (χ4n) is 2.99. The van der Waals surface area contributed by atoms with Crippen molar-refractivity contribution in [3.63, 3.8) is 0 Å². The number of rotatable bonds is 5. The van der Waals surface area contributed by atoms with Gasteiger partial charge >= 0.3 is 0 Å². The van der Waals surface area contributed by atoms with E-state index < -0.39 is 0 Å². The smallest absolute Gasteiger partial charge is 0.222 e. The van der Waals surface area contributed by atoms with Crippen LogP contribution in [0.5, 0.6) is 5.75 Å². The molecule has 1 aromatic carbocycles. The van der Waals surface area contributed by atoms with Crippen LogP contribution in [0.25, 0.3) is 0 Å². The number of aromatic nitrogens is 3. The maximum absolute atomic E-state index is 12.4. The summed E-state index contributed by atoms with van der Waals surface area (Å²) in [5, 5.41) is 7.90. The zero-order valence-corrected chi connectivity index (χ0v) is 13.4. The van der Waals surface area contributed by atoms with Crippen LogP contribution in [-0.4, -0.2) is 46.0 Å². The third-order valence-corrected chi connectivity index (χ3v) is 4.42. The van der Waals surface area contributed by atoms with Crippen molar-refractivity contribution in [3.8, 4) is 5.75 Å². The number of ether oxygens (including phenoxy) is 1. The van der Waals surface area contributed by atoms with E-state index in [-0.39, 0.29) is 5.91 Å². The van der Waals surface area contributed by atoms with E-state index in [2.05, 4.69) is 10.3 Å². The SMILES string of the molecule is COc1ccc(CCC(=O)N2CCC(n3ccnn3)CC2)cc1. The number of carbonyl (C=O) groups excluding carboxylic acids is 1. The van der Waals surface area contributed by atoms with Gasteiger partial charge in [-0.25, -0.2) is 4.68 Å². The van der Waals surface area contributed by atoms with E-state index in [4.69, 9.17) is 4.74 Å². The summed E-state index contributed by atoms with van der Waals surface area (Å²) in [6.45, 7) is 1.60. The number of aryl methyl sites for hydroxylation is 1. The van der Waals surface area contributed by atoms with Gasteiger partial charge in [-0.1, -0.05) is 17.3 Å². The van der Waals surface area contributed by atoms with Gasteiger partial charge in [0.1, 0.15) is 5.75 Å². The normalized spacial score (nSPS) is 15.6. The molecule has 0 spiro atoms. The highest BCUT2D eigenvalue weighted by atomic mass is 16.5. The molecule has 0 N–H and O–H groups in total. The molecule has 0 unspecified atom stereocenters. The Morgan fingerprint density at radius 3 is 2.61 bits per heavy atom. The molecule has 0 bridgehead atoms. The third-order valence-electron chi connectivity index (χ3n) is 4.42. The molecule has 0 atom stereocenters. The highest BCUT2D eigenvalue weighted by Gasteiger charge is 2.23. The van der Waals surface area contributed by atoms with E-state index in [1.54, 1.807) is 13.3 Å². The topological polar surface area (TPSA) is 60.2 Å². The summed E-state index contributed by atoms with van der Waals surface area (Å²) in [7, 11) is 1.65. The average molecular weight is 314 g/mol. The van der Waals surface area contributed by atoms with Crippen molar-refractivity contribution in [3.05, 3.63) is 42.2 Å². The second-order valence-corrected chi connectivity index (χ2v) is 5.84. The predicted octanol–water partition coefficient (Wildman–Crippen LogP) is 2.08. The summed E-state index contributed by atoms with van der Waals surface area (Å²) in [4.78, 5) is 14.3. The maximum Gasteiger partial charge on any atom is 0.222 e. The van der Waals surface area contributed by atoms with Crippen molar-refractivity contribution < 1.29 is 9.53 Å². The second-order valence-electron chi connectivity index (χ2n) is 5.84. The zero-order chi connectivity index (χ0) is 16.1. The Balaban J connectivity index is 1.45. The number of nitrogens with zero attached hydrogens (tertiary/aromatic N) is 4. The summed E-state index contributed by atoms with van der Waals surface area (Å²) in [6, 6.07) is 8.27. The highest BCUT2D eigenvalue weighted by Crippen LogP contribution is 2.22. The molecule has 23 heavy (non-hydrogen) atoms. The molecule has 0 radical (unpaired) electrons. The summed E-state index contributed by atoms with van der Waals surface area (Å²) in [6.07, 6.45) is 6.81. The summed E-state index contributed by atoms with van der Waals surface area (Å²) >= 11 is 0. The van der Waals surface area contributed by atoms with Crippen molar-refractivity contribution in [2.75, 3.05) is 20.2 Å². The molecule has 2 aromatic rings. The molecule has 0 aliphatic carbocycles. The quantitative estimate of drug-likeness (QED) is 0.848. The number of hydrogen-bond acceptors (Lipinski definition) is 4. The van der Waals surface area contributed by atoms with E-state index in [0.717, 1.165) is 43.7 Å². The van der Waals surface area contributed by atoms with Gasteiger partial charge in [0.2, 0.25) is 5.91 Å². The highest BCUT2D eigenvalue weighted by molar-refractivity contribution is 5.76. The summed E-state index contributed by atoms with van der Waals surface area (Å²) < 4.78 is 7.05. The molecule has 1 saturated heterocycles. The fraction of sp³-hybridized carbons (Fsp3) is 0.471. The molecule has 1 amide bonds. The third kappa shape index (κ3) is 3.88. The van der Waals surface area contributed by atoms with E-state index in [1.807, 2.05) is 40.0 Å². The van der Waals surface area contributed by atoms with Gasteiger partial charge in [-0.2, -0.15) is 0 Å². The second kappa shape index (κ2) is 7.26. The lowest BCUT2D eigenvalue weighted by atomic mass is 10.0. The van der Waals surface area contributed by atoms with Gasteiger partial charge in [0.25, 0.3) is 0 Å². The van der Waals surface area contributed by atoms with Gasteiger partial charge in [0, 0.05) is 25.7 Å². The maximum atomic E-state index is 12.4. The standard InChI is InChI=1S/C17H22N4O2/c1-23-16-5-2-14(3-6-16)4-7-17(22)20-11-8-15(9-12-20)21-13-10-18-19-21/h2-3,5-6,10,13,15H,4,7-9,11-12H2,1H3. The molecule has 1 aliphatic rings. The van der Waals surface area contributed by atoms with Gasteiger partial charge in [-0.3, -0.25) is 4.79 Å². The molecule has 3 rings (SSSR count). The van der Waals surface area contributed by atoms with Gasteiger partial charge < -0.3 is 9.64 Å². The predicted molar refractivity (Wildman–Crippen MR) is 86.2 cm³/mol. The minimum absolute atomic E-state index is 0.234. The van der Waals surface area contributed by atoms with Gasteiger partial charge in [0.15, 0.2) is 0 Å². The number of methoxy groups -OCH3 is 1. The molecule has 1 aliphatic heterocycles. The minimum atomic E-state index is 0.234. The first kappa shape index (κ1) is 15.5. The molecule has 1 aromatic heterocycles. The summed E-state index contributed by atoms with van der Waals surface area (Å²) in [5.74, 6) is 1.08. The number of benzene rings is 1. The van der Waals surface area contributed by atoms with Crippen molar-refractivity contribution in [1.82, 2.24) is 19.9 Å². The lowest BCUT2D eigenvalue weighted by Gasteiger charge is -2.32. The number of likely N-dealkylation sites (tertiary alicyclic amines) is 1. The first-order valence-electron chi connectivity index (χ1n) is 8.03. The first-order chi connectivity index (χ1) is 11.3. The molecule has 6 heteroatoms. The van der Waals surface area contributed by atoms with E-state index >= 15 is 0 Å². The van der Waals surface area contributed by atoms with Crippen LogP contribution in [0.15, 0.2) is 36.7 Å². The molecule has 1 fully saturated rings. The Morgan fingerprint density at radius 2 is 2.00 bits per heavy atom. The zero-order valence-electron chi connectivity index (χ0n) is 13.4. The molecule has 0 saturated carbocycles. The number of amides is 1. The number of piperidine rings is 1. The summed E-state index contributed by atoms with van der Waals surface area (Å²) in [5.41, 5.74) is 1.16. The van der Waals surface area contributed by atoms with E-state index in [1.165, 1.54) is 0 Å². The molecule has 122 valence electrons. The monoisotopic (exact) mass is 314 g/mol. The van der Waals surface area contributed by atoms with Crippen LogP contribution in [-0.2, 0) is 11.2 Å². The van der Waals surface area contributed by atoms with Gasteiger partial charge in [-0.15, -0.1) is 5.10 Å². The Kier molecular flexibility index (Phi) is 4.90. The fourth-order valence-corrected chi connectivity index (χ4v) is 2.99. The van der Waals surface area contributed by atoms with Gasteiger partial charge in [-0.05, 0) is 37.0 Å². The van der Waals surface area contributed by atoms with Crippen LogP contribution in [0.3, 0.4) is 0 Å². The largest absolute Gasteiger partial charge is 0.497 e. The molecular formula is C17H22N4O2. The number of carbonyl (C=O) groups is 1. The van der Waals surface area contributed by atoms with E-state index in [0.29, 0.717) is 12.5 Å². The Labute approximate surface area is 136 Å². The van der Waals surface area contributed by atoms with Crippen molar-refractivity contribution in [1.29, 1.82) is 0 Å². The van der Waals surface area contributed by atoms with E-state index in [9.17, 15) is 4.79 Å².